The van der Waals surface area contributed by atoms with E-state index in [0.29, 0.717) is 0 Å². The average Bonchev–Trinajstić information content (AvgIpc) is 3.34. The summed E-state index contributed by atoms with van der Waals surface area (Å²) >= 11 is 8.10. The third kappa shape index (κ3) is 3.56. The van der Waals surface area contributed by atoms with Crippen LogP contribution in [0, 0.1) is 5.41 Å². The lowest BCUT2D eigenvalue weighted by Gasteiger charge is -2.39. The van der Waals surface area contributed by atoms with Gasteiger partial charge in [-0.3, -0.25) is 5.43 Å². The molecule has 0 spiro atoms. The minimum Gasteiger partial charge on any atom is -0.378 e. The number of hydrazine groups is 1. The Morgan fingerprint density at radius 2 is 2.00 bits per heavy atom. The van der Waals surface area contributed by atoms with Crippen LogP contribution in [0.1, 0.15) is 20.3 Å². The Morgan fingerprint density at radius 1 is 1.23 bits per heavy atom. The number of nitrogens with zero attached hydrogens (tertiary/aromatic N) is 3. The molecule has 9 heteroatoms. The Balaban J connectivity index is 1.68. The molecule has 5 rings (SSSR count). The smallest absolute Gasteiger partial charge is 0.187 e. The van der Waals surface area contributed by atoms with Crippen molar-refractivity contribution in [3.05, 3.63) is 64.7 Å². The van der Waals surface area contributed by atoms with E-state index < -0.39 is 6.34 Å². The first-order chi connectivity index (χ1) is 14.5. The third-order valence-electron chi connectivity index (χ3n) is 5.57. The number of nitrogens with one attached hydrogen (secondary N) is 2. The second-order valence-corrected chi connectivity index (χ2v) is 13.1. The lowest BCUT2D eigenvalue weighted by atomic mass is 9.82. The van der Waals surface area contributed by atoms with Gasteiger partial charge in [0.1, 0.15) is 0 Å². The first kappa shape index (κ1) is 20.1. The summed E-state index contributed by atoms with van der Waals surface area (Å²) < 4.78 is 7.81. The fourth-order valence-corrected chi connectivity index (χ4v) is 9.17. The molecule has 1 atom stereocenters. The first-order valence-electron chi connectivity index (χ1n) is 10.2. The highest BCUT2D eigenvalue weighted by molar-refractivity contribution is 8.18. The van der Waals surface area contributed by atoms with Gasteiger partial charge in [0.25, 0.3) is 0 Å². The third-order valence-corrected chi connectivity index (χ3v) is 10.2. The van der Waals surface area contributed by atoms with Crippen molar-refractivity contribution in [1.29, 1.82) is 0 Å². The molecule has 2 aliphatic heterocycles. The maximum Gasteiger partial charge on any atom is 0.187 e. The van der Waals surface area contributed by atoms with Gasteiger partial charge in [0, 0.05) is 30.4 Å². The Labute approximate surface area is 186 Å². The van der Waals surface area contributed by atoms with Crippen molar-refractivity contribution >= 4 is 40.3 Å². The van der Waals surface area contributed by atoms with Gasteiger partial charge in [-0.05, 0) is 35.8 Å². The van der Waals surface area contributed by atoms with Gasteiger partial charge in [-0.25, -0.2) is 9.76 Å². The van der Waals surface area contributed by atoms with Crippen molar-refractivity contribution in [2.45, 2.75) is 20.3 Å². The summed E-state index contributed by atoms with van der Waals surface area (Å²) in [5.74, 6) is 0. The molecule has 30 heavy (non-hydrogen) atoms. The summed E-state index contributed by atoms with van der Waals surface area (Å²) in [6.45, 7) is 7.91. The van der Waals surface area contributed by atoms with Crippen molar-refractivity contribution in [2.24, 2.45) is 5.41 Å². The van der Waals surface area contributed by atoms with E-state index >= 15 is 0 Å². The molecule has 2 fully saturated rings. The fraction of sp³-hybridized carbons (Fsp3) is 0.381. The van der Waals surface area contributed by atoms with Crippen LogP contribution in [-0.4, -0.2) is 36.2 Å². The molecule has 1 aliphatic carbocycles. The molecule has 3 heterocycles. The first-order valence-corrected chi connectivity index (χ1v) is 13.8. The Morgan fingerprint density at radius 3 is 2.70 bits per heavy atom. The number of aromatic nitrogens is 1. The number of anilines is 2. The predicted molar refractivity (Wildman–Crippen MR) is 128 cm³/mol. The van der Waals surface area contributed by atoms with Crippen LogP contribution < -0.4 is 15.3 Å². The number of morpholine rings is 1. The van der Waals surface area contributed by atoms with Crippen molar-refractivity contribution in [3.63, 3.8) is 0 Å². The van der Waals surface area contributed by atoms with Crippen molar-refractivity contribution < 1.29 is 4.74 Å². The predicted octanol–water partition coefficient (Wildman–Crippen LogP) is 4.75. The highest BCUT2D eigenvalue weighted by atomic mass is 32.4. The van der Waals surface area contributed by atoms with Gasteiger partial charge in [0.2, 0.25) is 0 Å². The summed E-state index contributed by atoms with van der Waals surface area (Å²) in [4.78, 5) is 6.98. The monoisotopic (exact) mass is 459 g/mol. The van der Waals surface area contributed by atoms with Crippen LogP contribution >= 0.6 is 17.7 Å². The maximum absolute atomic E-state index is 6.51. The van der Waals surface area contributed by atoms with E-state index in [1.165, 1.54) is 11.0 Å². The zero-order valence-electron chi connectivity index (χ0n) is 17.2. The molecule has 3 aliphatic rings. The quantitative estimate of drug-likeness (QED) is 0.640. The number of hydrogen-bond donors (Lipinski definition) is 2. The van der Waals surface area contributed by atoms with Gasteiger partial charge < -0.3 is 14.7 Å². The van der Waals surface area contributed by atoms with Crippen LogP contribution in [0.5, 0.6) is 0 Å². The average molecular weight is 460 g/mol. The molecular formula is C21H26N5OPS2. The molecule has 0 radical (unpaired) electrons. The molecule has 158 valence electrons. The summed E-state index contributed by atoms with van der Waals surface area (Å²) in [5, 5.41) is 7.76. The Kier molecular flexibility index (Phi) is 5.14. The normalized spacial score (nSPS) is 25.6. The van der Waals surface area contributed by atoms with Gasteiger partial charge in [0.05, 0.1) is 29.9 Å². The molecule has 6 nitrogen and oxygen atoms in total. The largest absolute Gasteiger partial charge is 0.378 e. The Bertz CT molecular complexity index is 1030. The zero-order valence-corrected chi connectivity index (χ0v) is 19.7. The second-order valence-electron chi connectivity index (χ2n) is 8.40. The van der Waals surface area contributed by atoms with E-state index in [1.54, 1.807) is 11.3 Å². The lowest BCUT2D eigenvalue weighted by Crippen LogP contribution is -2.38. The molecule has 0 amide bonds. The fourth-order valence-electron chi connectivity index (χ4n) is 4.29. The van der Waals surface area contributed by atoms with E-state index in [9.17, 15) is 0 Å². The van der Waals surface area contributed by atoms with Crippen LogP contribution in [0.25, 0.3) is 0 Å². The summed E-state index contributed by atoms with van der Waals surface area (Å²) in [6.07, 6.45) is 2.72. The number of allylic oxidation sites excluding steroid dienone is 3. The summed E-state index contributed by atoms with van der Waals surface area (Å²) in [7, 11) is 0. The minimum absolute atomic E-state index is 0.0491. The molecule has 1 aromatic carbocycles. The molecule has 2 aromatic rings. The second kappa shape index (κ2) is 7.68. The van der Waals surface area contributed by atoms with Gasteiger partial charge in [-0.2, -0.15) is 0 Å². The molecule has 2 N–H and O–H groups in total. The van der Waals surface area contributed by atoms with E-state index in [1.807, 2.05) is 17.6 Å². The number of benzene rings is 1. The van der Waals surface area contributed by atoms with Gasteiger partial charge in [-0.15, -0.1) is 11.3 Å². The lowest BCUT2D eigenvalue weighted by molar-refractivity contribution is 0.0498. The number of thiazole rings is 1. The van der Waals surface area contributed by atoms with E-state index in [0.717, 1.165) is 49.2 Å². The van der Waals surface area contributed by atoms with E-state index in [-0.39, 0.29) is 5.41 Å². The van der Waals surface area contributed by atoms with Gasteiger partial charge >= 0.3 is 0 Å². The van der Waals surface area contributed by atoms with Crippen LogP contribution in [0.2, 0.25) is 0 Å². The van der Waals surface area contributed by atoms with E-state index in [2.05, 4.69) is 69.4 Å². The molecule has 1 aromatic heterocycles. The summed E-state index contributed by atoms with van der Waals surface area (Å²) in [5.41, 5.74) is 7.26. The van der Waals surface area contributed by atoms with Crippen LogP contribution in [0.15, 0.2) is 64.7 Å². The standard InChI is InChI=1S/C21H26N5OPS2/c1-21(2)14-17-19(18(15-21)25-9-11-27-12-10-25)28(29,24-20-22-8-13-30-20)26(23-17)16-6-4-3-5-7-16/h3-8,13-14,23H,9-12,15H2,1-2H3,(H,22,24,29)/t28-/m0/s1. The number of fused-ring (bicyclic) bond motifs is 1. The molecular weight excluding hydrogens is 433 g/mol. The van der Waals surface area contributed by atoms with Crippen molar-refractivity contribution in [2.75, 3.05) is 36.2 Å². The van der Waals surface area contributed by atoms with Crippen LogP contribution in [0.4, 0.5) is 10.8 Å². The minimum atomic E-state index is -2.42. The van der Waals surface area contributed by atoms with E-state index in [4.69, 9.17) is 16.5 Å². The zero-order chi connectivity index (χ0) is 20.8. The van der Waals surface area contributed by atoms with Gasteiger partial charge in [0.15, 0.2) is 11.5 Å². The van der Waals surface area contributed by atoms with Gasteiger partial charge in [-0.1, -0.05) is 38.1 Å². The van der Waals surface area contributed by atoms with Crippen molar-refractivity contribution in [3.8, 4) is 0 Å². The highest BCUT2D eigenvalue weighted by Gasteiger charge is 2.47. The topological polar surface area (TPSA) is 52.7 Å². The number of rotatable bonds is 4. The molecule has 0 saturated carbocycles. The number of para-hydroxylation sites is 1. The number of ether oxygens (including phenoxy) is 1. The SMILES string of the molecule is CC1(C)C=C2NN(c3ccccc3)[P@@](=S)(Nc3nccs3)C2=C(N2CCOCC2)C1. The highest BCUT2D eigenvalue weighted by Crippen LogP contribution is 2.67. The molecule has 0 unspecified atom stereocenters. The van der Waals surface area contributed by atoms with Crippen molar-refractivity contribution in [1.82, 2.24) is 15.3 Å². The number of hydrogen-bond acceptors (Lipinski definition) is 6. The van der Waals surface area contributed by atoms with Crippen LogP contribution in [0.3, 0.4) is 0 Å². The molecule has 2 saturated heterocycles. The molecule has 0 bridgehead atoms. The maximum atomic E-state index is 6.51. The summed E-state index contributed by atoms with van der Waals surface area (Å²) in [6, 6.07) is 10.4. The van der Waals surface area contributed by atoms with Crippen LogP contribution in [-0.2, 0) is 16.5 Å². The Hall–Kier alpha value is -1.86.